The van der Waals surface area contributed by atoms with Crippen molar-refractivity contribution in [3.05, 3.63) is 89.6 Å². The van der Waals surface area contributed by atoms with Crippen molar-refractivity contribution in [1.82, 2.24) is 0 Å². The van der Waals surface area contributed by atoms with Gasteiger partial charge in [0.15, 0.2) is 0 Å². The molecule has 1 aliphatic rings. The molecule has 0 radical (unpaired) electrons. The molecule has 1 N–H and O–H groups in total. The van der Waals surface area contributed by atoms with Gasteiger partial charge in [0, 0.05) is 11.8 Å². The van der Waals surface area contributed by atoms with Crippen molar-refractivity contribution in [2.45, 2.75) is 19.8 Å². The van der Waals surface area contributed by atoms with Crippen molar-refractivity contribution in [3.8, 4) is 11.5 Å². The van der Waals surface area contributed by atoms with Crippen LogP contribution in [0.1, 0.15) is 30.9 Å². The first-order valence-electron chi connectivity index (χ1n) is 10.7. The van der Waals surface area contributed by atoms with Gasteiger partial charge in [0.2, 0.25) is 0 Å². The van der Waals surface area contributed by atoms with E-state index in [9.17, 15) is 9.59 Å². The third-order valence-electron chi connectivity index (χ3n) is 5.62. The van der Waals surface area contributed by atoms with Crippen LogP contribution in [0, 0.1) is 0 Å². The molecule has 3 aromatic carbocycles. The maximum atomic E-state index is 13.6. The Morgan fingerprint density at radius 2 is 1.45 bits per heavy atom. The van der Waals surface area contributed by atoms with E-state index in [1.54, 1.807) is 62.8 Å². The summed E-state index contributed by atoms with van der Waals surface area (Å²) >= 11 is 0. The van der Waals surface area contributed by atoms with Gasteiger partial charge >= 0.3 is 0 Å². The van der Waals surface area contributed by atoms with E-state index in [1.807, 2.05) is 24.3 Å². The number of nitrogens with zero attached hydrogens (tertiary/aromatic N) is 1. The number of ether oxygens (including phenoxy) is 2. The van der Waals surface area contributed by atoms with Gasteiger partial charge in [-0.2, -0.15) is 0 Å². The van der Waals surface area contributed by atoms with E-state index in [2.05, 4.69) is 19.2 Å². The van der Waals surface area contributed by atoms with Gasteiger partial charge in [-0.05, 0) is 53.4 Å². The highest BCUT2D eigenvalue weighted by Crippen LogP contribution is 2.35. The fourth-order valence-corrected chi connectivity index (χ4v) is 3.75. The van der Waals surface area contributed by atoms with Crippen LogP contribution < -0.4 is 19.7 Å². The van der Waals surface area contributed by atoms with Gasteiger partial charge in [-0.25, -0.2) is 4.90 Å². The van der Waals surface area contributed by atoms with E-state index in [0.717, 1.165) is 5.69 Å². The molecule has 0 saturated carbocycles. The number of methoxy groups -OCH3 is 2. The van der Waals surface area contributed by atoms with Gasteiger partial charge in [0.1, 0.15) is 17.2 Å². The van der Waals surface area contributed by atoms with Crippen LogP contribution >= 0.6 is 0 Å². The third kappa shape index (κ3) is 4.32. The molecule has 0 unspecified atom stereocenters. The number of imide groups is 1. The van der Waals surface area contributed by atoms with E-state index in [4.69, 9.17) is 9.47 Å². The summed E-state index contributed by atoms with van der Waals surface area (Å²) in [6, 6.07) is 21.8. The number of benzene rings is 3. The van der Waals surface area contributed by atoms with Crippen LogP contribution in [0.15, 0.2) is 78.5 Å². The van der Waals surface area contributed by atoms with Crippen molar-refractivity contribution in [3.63, 3.8) is 0 Å². The van der Waals surface area contributed by atoms with Crippen LogP contribution in [0.3, 0.4) is 0 Å². The quantitative estimate of drug-likeness (QED) is 0.508. The SMILES string of the molecule is COc1ccc(C2=C(Nc3ccc(C(C)C)cc3)C(=O)N(c3cccc(OC)c3)C2=O)cc1. The molecule has 168 valence electrons. The zero-order valence-electron chi connectivity index (χ0n) is 19.1. The van der Waals surface area contributed by atoms with E-state index in [1.165, 1.54) is 10.5 Å². The van der Waals surface area contributed by atoms with Crippen LogP contribution in [0.2, 0.25) is 0 Å². The molecule has 1 aliphatic heterocycles. The molecular formula is C27H26N2O4. The molecule has 0 spiro atoms. The number of nitrogens with one attached hydrogen (secondary N) is 1. The number of hydrogen-bond acceptors (Lipinski definition) is 5. The Hall–Kier alpha value is -4.06. The number of hydrogen-bond donors (Lipinski definition) is 1. The first kappa shape index (κ1) is 22.1. The fourth-order valence-electron chi connectivity index (χ4n) is 3.75. The lowest BCUT2D eigenvalue weighted by molar-refractivity contribution is -0.120. The Morgan fingerprint density at radius 1 is 0.788 bits per heavy atom. The molecular weight excluding hydrogens is 416 g/mol. The predicted octanol–water partition coefficient (Wildman–Crippen LogP) is 5.22. The second kappa shape index (κ2) is 9.20. The second-order valence-corrected chi connectivity index (χ2v) is 8.03. The molecule has 4 rings (SSSR count). The van der Waals surface area contributed by atoms with Crippen molar-refractivity contribution in [2.75, 3.05) is 24.4 Å². The smallest absolute Gasteiger partial charge is 0.282 e. The minimum atomic E-state index is -0.424. The minimum absolute atomic E-state index is 0.227. The van der Waals surface area contributed by atoms with Crippen molar-refractivity contribution >= 4 is 28.8 Å². The highest BCUT2D eigenvalue weighted by Gasteiger charge is 2.40. The van der Waals surface area contributed by atoms with Crippen LogP contribution in [-0.2, 0) is 9.59 Å². The van der Waals surface area contributed by atoms with Gasteiger partial charge in [0.25, 0.3) is 11.8 Å². The average molecular weight is 443 g/mol. The lowest BCUT2D eigenvalue weighted by atomic mass is 10.0. The van der Waals surface area contributed by atoms with Crippen LogP contribution in [-0.4, -0.2) is 26.0 Å². The summed E-state index contributed by atoms with van der Waals surface area (Å²) in [7, 11) is 3.12. The fraction of sp³-hybridized carbons (Fsp3) is 0.185. The first-order valence-corrected chi connectivity index (χ1v) is 10.7. The van der Waals surface area contributed by atoms with Gasteiger partial charge in [0.05, 0.1) is 25.5 Å². The Morgan fingerprint density at radius 3 is 2.06 bits per heavy atom. The van der Waals surface area contributed by atoms with E-state index >= 15 is 0 Å². The summed E-state index contributed by atoms with van der Waals surface area (Å²) in [6.45, 7) is 4.25. The van der Waals surface area contributed by atoms with E-state index in [-0.39, 0.29) is 5.70 Å². The van der Waals surface area contributed by atoms with Gasteiger partial charge < -0.3 is 14.8 Å². The molecule has 6 nitrogen and oxygen atoms in total. The maximum Gasteiger partial charge on any atom is 0.282 e. The van der Waals surface area contributed by atoms with Crippen molar-refractivity contribution in [2.24, 2.45) is 0 Å². The average Bonchev–Trinajstić information content (AvgIpc) is 3.08. The Bertz CT molecular complexity index is 1210. The number of carbonyl (C=O) groups is 2. The molecule has 0 saturated heterocycles. The summed E-state index contributed by atoms with van der Waals surface area (Å²) in [6.07, 6.45) is 0. The first-order chi connectivity index (χ1) is 15.9. The largest absolute Gasteiger partial charge is 0.497 e. The van der Waals surface area contributed by atoms with E-state index in [0.29, 0.717) is 34.2 Å². The van der Waals surface area contributed by atoms with Gasteiger partial charge in [-0.1, -0.05) is 44.2 Å². The number of anilines is 2. The highest BCUT2D eigenvalue weighted by atomic mass is 16.5. The Labute approximate surface area is 193 Å². The van der Waals surface area contributed by atoms with Crippen LogP contribution in [0.5, 0.6) is 11.5 Å². The molecule has 6 heteroatoms. The molecule has 0 aromatic heterocycles. The van der Waals surface area contributed by atoms with Gasteiger partial charge in [-0.15, -0.1) is 0 Å². The number of carbonyl (C=O) groups excluding carboxylic acids is 2. The zero-order chi connectivity index (χ0) is 23.5. The lowest BCUT2D eigenvalue weighted by Gasteiger charge is -2.16. The predicted molar refractivity (Wildman–Crippen MR) is 130 cm³/mol. The molecule has 33 heavy (non-hydrogen) atoms. The summed E-state index contributed by atoms with van der Waals surface area (Å²) < 4.78 is 10.5. The van der Waals surface area contributed by atoms with E-state index < -0.39 is 11.8 Å². The topological polar surface area (TPSA) is 67.9 Å². The molecule has 2 amide bonds. The third-order valence-corrected chi connectivity index (χ3v) is 5.62. The number of amides is 2. The maximum absolute atomic E-state index is 13.6. The standard InChI is InChI=1S/C27H26N2O4/c1-17(2)18-8-12-20(13-9-18)28-25-24(19-10-14-22(32-3)15-11-19)26(30)29(27(25)31)21-6-5-7-23(16-21)33-4/h5-17,28H,1-4H3. The molecule has 1 heterocycles. The van der Waals surface area contributed by atoms with Crippen LogP contribution in [0.4, 0.5) is 11.4 Å². The lowest BCUT2D eigenvalue weighted by Crippen LogP contribution is -2.32. The molecule has 0 atom stereocenters. The summed E-state index contributed by atoms with van der Waals surface area (Å²) in [5.74, 6) is 0.794. The summed E-state index contributed by atoms with van der Waals surface area (Å²) in [5, 5.41) is 3.20. The van der Waals surface area contributed by atoms with Gasteiger partial charge in [-0.3, -0.25) is 9.59 Å². The normalized spacial score (nSPS) is 13.7. The monoisotopic (exact) mass is 442 g/mol. The summed E-state index contributed by atoms with van der Waals surface area (Å²) in [4.78, 5) is 28.2. The molecule has 0 fully saturated rings. The second-order valence-electron chi connectivity index (χ2n) is 8.03. The Balaban J connectivity index is 1.78. The zero-order valence-corrected chi connectivity index (χ0v) is 19.1. The van der Waals surface area contributed by atoms with Crippen LogP contribution in [0.25, 0.3) is 5.57 Å². The highest BCUT2D eigenvalue weighted by molar-refractivity contribution is 6.46. The van der Waals surface area contributed by atoms with Crippen molar-refractivity contribution < 1.29 is 19.1 Å². The summed E-state index contributed by atoms with van der Waals surface area (Å²) in [5.41, 5.74) is 3.53. The Kier molecular flexibility index (Phi) is 6.18. The minimum Gasteiger partial charge on any atom is -0.497 e. The molecule has 3 aromatic rings. The van der Waals surface area contributed by atoms with Crippen molar-refractivity contribution in [1.29, 1.82) is 0 Å². The number of rotatable bonds is 7. The molecule has 0 aliphatic carbocycles. The molecule has 0 bridgehead atoms.